The van der Waals surface area contributed by atoms with Gasteiger partial charge in [-0.05, 0) is 31.0 Å². The van der Waals surface area contributed by atoms with E-state index in [1.54, 1.807) is 13.0 Å². The summed E-state index contributed by atoms with van der Waals surface area (Å²) >= 11 is 0. The molecule has 3 rings (SSSR count). The van der Waals surface area contributed by atoms with E-state index in [1.165, 1.54) is 12.1 Å². The van der Waals surface area contributed by atoms with Gasteiger partial charge in [0.15, 0.2) is 0 Å². The number of nitrogens with two attached hydrogens (primary N) is 1. The maximum Gasteiger partial charge on any atom is 0.322 e. The van der Waals surface area contributed by atoms with Crippen LogP contribution in [-0.4, -0.2) is 16.7 Å². The molecule has 1 aliphatic rings. The van der Waals surface area contributed by atoms with Gasteiger partial charge < -0.3 is 10.2 Å². The molecule has 0 fully saturated rings. The van der Waals surface area contributed by atoms with Gasteiger partial charge in [-0.15, -0.1) is 5.10 Å². The van der Waals surface area contributed by atoms with Crippen LogP contribution in [0, 0.1) is 5.82 Å². The first-order chi connectivity index (χ1) is 8.65. The normalized spacial score (nSPS) is 15.8. The van der Waals surface area contributed by atoms with E-state index in [2.05, 4.69) is 10.2 Å². The second kappa shape index (κ2) is 4.06. The molecular weight excluding hydrogens is 235 g/mol. The van der Waals surface area contributed by atoms with Crippen molar-refractivity contribution < 1.29 is 8.81 Å². The second-order valence-electron chi connectivity index (χ2n) is 4.39. The third-order valence-corrected chi connectivity index (χ3v) is 2.99. The molecule has 2 N–H and O–H groups in total. The summed E-state index contributed by atoms with van der Waals surface area (Å²) in [4.78, 5) is 1.82. The van der Waals surface area contributed by atoms with Crippen LogP contribution in [0.25, 0.3) is 0 Å². The van der Waals surface area contributed by atoms with Crippen LogP contribution in [-0.2, 0) is 6.42 Å². The highest BCUT2D eigenvalue weighted by atomic mass is 19.1. The summed E-state index contributed by atoms with van der Waals surface area (Å²) < 4.78 is 18.8. The van der Waals surface area contributed by atoms with Crippen molar-refractivity contribution in [1.29, 1.82) is 0 Å². The van der Waals surface area contributed by atoms with Gasteiger partial charge in [-0.25, -0.2) is 4.39 Å². The fourth-order valence-electron chi connectivity index (χ4n) is 2.07. The first kappa shape index (κ1) is 11.2. The Morgan fingerprint density at radius 1 is 1.44 bits per heavy atom. The Labute approximate surface area is 103 Å². The Morgan fingerprint density at radius 3 is 3.00 bits per heavy atom. The van der Waals surface area contributed by atoms with Crippen LogP contribution in [0.5, 0.6) is 0 Å². The van der Waals surface area contributed by atoms with Crippen molar-refractivity contribution in [2.75, 3.05) is 11.4 Å². The van der Waals surface area contributed by atoms with Gasteiger partial charge in [0.05, 0.1) is 11.7 Å². The summed E-state index contributed by atoms with van der Waals surface area (Å²) in [5.74, 6) is 0.113. The Hall–Kier alpha value is -1.95. The van der Waals surface area contributed by atoms with E-state index >= 15 is 0 Å². The number of aromatic nitrogens is 2. The number of hydrogen-bond acceptors (Lipinski definition) is 5. The van der Waals surface area contributed by atoms with Crippen molar-refractivity contribution in [3.8, 4) is 0 Å². The fraction of sp³-hybridized carbons (Fsp3) is 0.333. The van der Waals surface area contributed by atoms with Crippen molar-refractivity contribution in [1.82, 2.24) is 10.2 Å². The maximum atomic E-state index is 13.3. The molecule has 0 saturated carbocycles. The zero-order valence-corrected chi connectivity index (χ0v) is 9.93. The molecular formula is C12H13FN4O. The van der Waals surface area contributed by atoms with Crippen LogP contribution in [0.2, 0.25) is 0 Å². The molecule has 2 aromatic rings. The average Bonchev–Trinajstić information content (AvgIpc) is 2.93. The third-order valence-electron chi connectivity index (χ3n) is 2.99. The first-order valence-corrected chi connectivity index (χ1v) is 5.80. The van der Waals surface area contributed by atoms with Crippen LogP contribution in [0.3, 0.4) is 0 Å². The van der Waals surface area contributed by atoms with E-state index in [1.807, 2.05) is 4.90 Å². The number of fused-ring (bicyclic) bond motifs is 1. The van der Waals surface area contributed by atoms with Crippen molar-refractivity contribution in [2.24, 2.45) is 5.73 Å². The Morgan fingerprint density at radius 2 is 2.28 bits per heavy atom. The summed E-state index contributed by atoms with van der Waals surface area (Å²) in [6, 6.07) is 4.79. The van der Waals surface area contributed by atoms with E-state index in [0.717, 1.165) is 17.7 Å². The molecule has 0 spiro atoms. The standard InChI is InChI=1S/C12H13FN4O/c1-7(14)11-15-16-12(18-11)17-5-4-8-2-3-9(13)6-10(8)17/h2-3,6-7H,4-5,14H2,1H3. The lowest BCUT2D eigenvalue weighted by Crippen LogP contribution is -2.13. The van der Waals surface area contributed by atoms with E-state index in [9.17, 15) is 4.39 Å². The molecule has 0 radical (unpaired) electrons. The molecule has 94 valence electrons. The molecule has 2 heterocycles. The lowest BCUT2D eigenvalue weighted by molar-refractivity contribution is 0.465. The van der Waals surface area contributed by atoms with Gasteiger partial charge in [0, 0.05) is 6.54 Å². The summed E-state index contributed by atoms with van der Waals surface area (Å²) in [6.45, 7) is 2.48. The monoisotopic (exact) mass is 248 g/mol. The molecule has 0 bridgehead atoms. The highest BCUT2D eigenvalue weighted by Crippen LogP contribution is 2.34. The zero-order chi connectivity index (χ0) is 12.7. The van der Waals surface area contributed by atoms with Gasteiger partial charge >= 0.3 is 6.01 Å². The molecule has 0 amide bonds. The van der Waals surface area contributed by atoms with E-state index < -0.39 is 0 Å². The van der Waals surface area contributed by atoms with Crippen LogP contribution in [0.15, 0.2) is 22.6 Å². The third kappa shape index (κ3) is 1.74. The van der Waals surface area contributed by atoms with Gasteiger partial charge in [-0.3, -0.25) is 4.90 Å². The molecule has 0 saturated heterocycles. The minimum atomic E-state index is -0.305. The van der Waals surface area contributed by atoms with E-state index in [-0.39, 0.29) is 11.9 Å². The van der Waals surface area contributed by atoms with E-state index in [0.29, 0.717) is 18.5 Å². The Kier molecular flexibility index (Phi) is 2.52. The number of rotatable bonds is 2. The highest BCUT2D eigenvalue weighted by molar-refractivity contribution is 5.64. The molecule has 18 heavy (non-hydrogen) atoms. The van der Waals surface area contributed by atoms with Crippen molar-refractivity contribution in [3.63, 3.8) is 0 Å². The van der Waals surface area contributed by atoms with Gasteiger partial charge in [-0.1, -0.05) is 11.2 Å². The fourth-order valence-corrected chi connectivity index (χ4v) is 2.07. The quantitative estimate of drug-likeness (QED) is 0.879. The minimum absolute atomic E-state index is 0.271. The van der Waals surface area contributed by atoms with Crippen molar-refractivity contribution >= 4 is 11.7 Å². The molecule has 1 aliphatic heterocycles. The van der Waals surface area contributed by atoms with Crippen LogP contribution < -0.4 is 10.6 Å². The summed E-state index contributed by atoms with van der Waals surface area (Å²) in [7, 11) is 0. The van der Waals surface area contributed by atoms with Gasteiger partial charge in [0.25, 0.3) is 0 Å². The molecule has 1 aromatic carbocycles. The Bertz CT molecular complexity index is 581. The highest BCUT2D eigenvalue weighted by Gasteiger charge is 2.25. The van der Waals surface area contributed by atoms with Gasteiger partial charge in [-0.2, -0.15) is 0 Å². The number of hydrogen-bond donors (Lipinski definition) is 1. The second-order valence-corrected chi connectivity index (χ2v) is 4.39. The number of benzene rings is 1. The lowest BCUT2D eigenvalue weighted by Gasteiger charge is -2.13. The lowest BCUT2D eigenvalue weighted by atomic mass is 10.2. The van der Waals surface area contributed by atoms with Gasteiger partial charge in [0.1, 0.15) is 5.82 Å². The SMILES string of the molecule is CC(N)c1nnc(N2CCc3ccc(F)cc32)o1. The summed E-state index contributed by atoms with van der Waals surface area (Å²) in [6.07, 6.45) is 0.839. The zero-order valence-electron chi connectivity index (χ0n) is 9.93. The molecule has 1 atom stereocenters. The van der Waals surface area contributed by atoms with Gasteiger partial charge in [0.2, 0.25) is 5.89 Å². The largest absolute Gasteiger partial charge is 0.406 e. The predicted molar refractivity (Wildman–Crippen MR) is 64.0 cm³/mol. The molecule has 5 nitrogen and oxygen atoms in total. The average molecular weight is 248 g/mol. The minimum Gasteiger partial charge on any atom is -0.406 e. The Balaban J connectivity index is 1.97. The van der Waals surface area contributed by atoms with Crippen molar-refractivity contribution in [2.45, 2.75) is 19.4 Å². The maximum absolute atomic E-state index is 13.3. The van der Waals surface area contributed by atoms with Crippen LogP contribution in [0.4, 0.5) is 16.1 Å². The molecule has 1 aromatic heterocycles. The molecule has 6 heteroatoms. The van der Waals surface area contributed by atoms with Crippen molar-refractivity contribution in [3.05, 3.63) is 35.5 Å². The number of nitrogens with zero attached hydrogens (tertiary/aromatic N) is 3. The van der Waals surface area contributed by atoms with Crippen LogP contribution >= 0.6 is 0 Å². The number of halogens is 1. The van der Waals surface area contributed by atoms with E-state index in [4.69, 9.17) is 10.2 Å². The molecule has 1 unspecified atom stereocenters. The topological polar surface area (TPSA) is 68.2 Å². The van der Waals surface area contributed by atoms with Crippen LogP contribution in [0.1, 0.15) is 24.4 Å². The molecule has 0 aliphatic carbocycles. The smallest absolute Gasteiger partial charge is 0.322 e. The first-order valence-electron chi connectivity index (χ1n) is 5.80. The summed E-state index contributed by atoms with van der Waals surface area (Å²) in [5, 5.41) is 7.83. The summed E-state index contributed by atoms with van der Waals surface area (Å²) in [5.41, 5.74) is 7.54. The predicted octanol–water partition coefficient (Wildman–Crippen LogP) is 1.92. The number of anilines is 2.